The van der Waals surface area contributed by atoms with Crippen molar-refractivity contribution in [2.24, 2.45) is 7.05 Å². The molecule has 120 valence electrons. The molecule has 0 aliphatic heterocycles. The standard InChI is InChI=1S/C18H21N3O2/c1-13-16(15-7-4-5-8-17(15)21(13)2)11-14(12-19)18(22)20-9-6-10-23-3/h4-5,7-8,11H,6,9-10H2,1-3H3,(H,20,22)/b14-11+. The number of nitrogens with one attached hydrogen (secondary N) is 1. The highest BCUT2D eigenvalue weighted by Gasteiger charge is 2.13. The fourth-order valence-corrected chi connectivity index (χ4v) is 2.54. The Morgan fingerprint density at radius 1 is 1.43 bits per heavy atom. The quantitative estimate of drug-likeness (QED) is 0.506. The van der Waals surface area contributed by atoms with Crippen LogP contribution in [-0.4, -0.2) is 30.7 Å². The summed E-state index contributed by atoms with van der Waals surface area (Å²) in [5.74, 6) is -0.351. The second-order valence-electron chi connectivity index (χ2n) is 5.35. The highest BCUT2D eigenvalue weighted by molar-refractivity contribution is 6.04. The van der Waals surface area contributed by atoms with E-state index in [1.165, 1.54) is 0 Å². The summed E-state index contributed by atoms with van der Waals surface area (Å²) in [5, 5.41) is 13.1. The van der Waals surface area contributed by atoms with Crippen molar-refractivity contribution < 1.29 is 9.53 Å². The molecule has 0 aliphatic rings. The van der Waals surface area contributed by atoms with E-state index >= 15 is 0 Å². The van der Waals surface area contributed by atoms with Crippen LogP contribution in [0.5, 0.6) is 0 Å². The van der Waals surface area contributed by atoms with Crippen molar-refractivity contribution in [3.8, 4) is 6.07 Å². The van der Waals surface area contributed by atoms with Gasteiger partial charge in [0.05, 0.1) is 0 Å². The maximum absolute atomic E-state index is 12.1. The largest absolute Gasteiger partial charge is 0.385 e. The lowest BCUT2D eigenvalue weighted by Gasteiger charge is -2.04. The Labute approximate surface area is 136 Å². The van der Waals surface area contributed by atoms with E-state index in [4.69, 9.17) is 4.74 Å². The molecule has 1 aromatic carbocycles. The van der Waals surface area contributed by atoms with E-state index in [-0.39, 0.29) is 11.5 Å². The number of hydrogen-bond donors (Lipinski definition) is 1. The number of rotatable bonds is 6. The number of hydrogen-bond acceptors (Lipinski definition) is 3. The molecule has 1 N–H and O–H groups in total. The summed E-state index contributed by atoms with van der Waals surface area (Å²) in [6.45, 7) is 3.05. The maximum atomic E-state index is 12.1. The van der Waals surface area contributed by atoms with E-state index < -0.39 is 0 Å². The van der Waals surface area contributed by atoms with Crippen LogP contribution in [0.2, 0.25) is 0 Å². The van der Waals surface area contributed by atoms with Crippen LogP contribution >= 0.6 is 0 Å². The molecule has 2 rings (SSSR count). The number of nitriles is 1. The first-order chi connectivity index (χ1) is 11.1. The summed E-state index contributed by atoms with van der Waals surface area (Å²) < 4.78 is 7.00. The number of nitrogens with zero attached hydrogens (tertiary/aromatic N) is 2. The van der Waals surface area contributed by atoms with Crippen LogP contribution in [0.3, 0.4) is 0 Å². The number of para-hydroxylation sites is 1. The highest BCUT2D eigenvalue weighted by Crippen LogP contribution is 2.26. The minimum Gasteiger partial charge on any atom is -0.385 e. The molecule has 0 fully saturated rings. The number of amides is 1. The van der Waals surface area contributed by atoms with E-state index in [1.807, 2.05) is 44.3 Å². The Morgan fingerprint density at radius 2 is 2.17 bits per heavy atom. The van der Waals surface area contributed by atoms with Gasteiger partial charge in [0.1, 0.15) is 11.6 Å². The van der Waals surface area contributed by atoms with E-state index in [0.717, 1.165) is 22.2 Å². The molecule has 1 heterocycles. The second kappa shape index (κ2) is 7.61. The first kappa shape index (κ1) is 16.8. The molecule has 0 radical (unpaired) electrons. The van der Waals surface area contributed by atoms with Gasteiger partial charge in [-0.2, -0.15) is 5.26 Å². The molecular formula is C18H21N3O2. The molecule has 0 spiro atoms. The van der Waals surface area contributed by atoms with Crippen LogP contribution in [0.1, 0.15) is 17.7 Å². The lowest BCUT2D eigenvalue weighted by Crippen LogP contribution is -2.26. The molecule has 2 aromatic rings. The van der Waals surface area contributed by atoms with Gasteiger partial charge in [0.25, 0.3) is 5.91 Å². The molecule has 5 heteroatoms. The van der Waals surface area contributed by atoms with Gasteiger partial charge >= 0.3 is 0 Å². The van der Waals surface area contributed by atoms with Crippen molar-refractivity contribution >= 4 is 22.9 Å². The number of carbonyl (C=O) groups is 1. The zero-order chi connectivity index (χ0) is 16.8. The van der Waals surface area contributed by atoms with Gasteiger partial charge in [0, 0.05) is 49.5 Å². The monoisotopic (exact) mass is 311 g/mol. The van der Waals surface area contributed by atoms with Crippen molar-refractivity contribution in [3.63, 3.8) is 0 Å². The molecule has 0 unspecified atom stereocenters. The minimum atomic E-state index is -0.351. The lowest BCUT2D eigenvalue weighted by atomic mass is 10.1. The van der Waals surface area contributed by atoms with Crippen LogP contribution in [0, 0.1) is 18.3 Å². The Bertz CT molecular complexity index is 781. The van der Waals surface area contributed by atoms with Crippen molar-refractivity contribution in [1.82, 2.24) is 9.88 Å². The Balaban J connectivity index is 2.30. The summed E-state index contributed by atoms with van der Waals surface area (Å²) in [5.41, 5.74) is 3.12. The molecular weight excluding hydrogens is 290 g/mol. The van der Waals surface area contributed by atoms with Gasteiger partial charge in [-0.05, 0) is 25.5 Å². The smallest absolute Gasteiger partial charge is 0.261 e. The molecule has 0 bridgehead atoms. The number of methoxy groups -OCH3 is 1. The Kier molecular flexibility index (Phi) is 5.56. The average Bonchev–Trinajstić information content (AvgIpc) is 2.81. The van der Waals surface area contributed by atoms with Crippen LogP contribution in [0.25, 0.3) is 17.0 Å². The van der Waals surface area contributed by atoms with E-state index in [2.05, 4.69) is 9.88 Å². The lowest BCUT2D eigenvalue weighted by molar-refractivity contribution is -0.117. The molecule has 1 amide bonds. The normalized spacial score (nSPS) is 11.5. The molecule has 5 nitrogen and oxygen atoms in total. The van der Waals surface area contributed by atoms with Gasteiger partial charge in [-0.3, -0.25) is 4.79 Å². The Hall–Kier alpha value is -2.58. The summed E-state index contributed by atoms with van der Waals surface area (Å²) in [4.78, 5) is 12.1. The van der Waals surface area contributed by atoms with Gasteiger partial charge in [-0.1, -0.05) is 18.2 Å². The predicted molar refractivity (Wildman–Crippen MR) is 90.7 cm³/mol. The SMILES string of the molecule is COCCCNC(=O)/C(C#N)=C/c1c(C)n(C)c2ccccc12. The third kappa shape index (κ3) is 3.61. The zero-order valence-corrected chi connectivity index (χ0v) is 13.7. The average molecular weight is 311 g/mol. The van der Waals surface area contributed by atoms with Crippen LogP contribution in [0.4, 0.5) is 0 Å². The van der Waals surface area contributed by atoms with E-state index in [0.29, 0.717) is 19.6 Å². The van der Waals surface area contributed by atoms with Gasteiger partial charge in [0.2, 0.25) is 0 Å². The van der Waals surface area contributed by atoms with E-state index in [9.17, 15) is 10.1 Å². The summed E-state index contributed by atoms with van der Waals surface area (Å²) in [6, 6.07) is 9.95. The number of carbonyl (C=O) groups excluding carboxylic acids is 1. The van der Waals surface area contributed by atoms with Gasteiger partial charge < -0.3 is 14.6 Å². The fraction of sp³-hybridized carbons (Fsp3) is 0.333. The number of benzene rings is 1. The van der Waals surface area contributed by atoms with E-state index in [1.54, 1.807) is 13.2 Å². The zero-order valence-electron chi connectivity index (χ0n) is 13.7. The van der Waals surface area contributed by atoms with Crippen LogP contribution in [0.15, 0.2) is 29.8 Å². The summed E-state index contributed by atoms with van der Waals surface area (Å²) >= 11 is 0. The maximum Gasteiger partial charge on any atom is 0.261 e. The number of aromatic nitrogens is 1. The number of ether oxygens (including phenoxy) is 1. The molecule has 0 saturated heterocycles. The minimum absolute atomic E-state index is 0.113. The topological polar surface area (TPSA) is 67.0 Å². The Morgan fingerprint density at radius 3 is 2.87 bits per heavy atom. The third-order valence-electron chi connectivity index (χ3n) is 3.91. The van der Waals surface area contributed by atoms with Gasteiger partial charge in [-0.15, -0.1) is 0 Å². The number of fused-ring (bicyclic) bond motifs is 1. The molecule has 1 aromatic heterocycles. The molecule has 0 atom stereocenters. The van der Waals surface area contributed by atoms with Crippen molar-refractivity contribution in [1.29, 1.82) is 5.26 Å². The van der Waals surface area contributed by atoms with Gasteiger partial charge in [0.15, 0.2) is 0 Å². The molecule has 0 aliphatic carbocycles. The van der Waals surface area contributed by atoms with Crippen LogP contribution < -0.4 is 5.32 Å². The molecule has 23 heavy (non-hydrogen) atoms. The number of aryl methyl sites for hydroxylation is 1. The highest BCUT2D eigenvalue weighted by atomic mass is 16.5. The van der Waals surface area contributed by atoms with Crippen molar-refractivity contribution in [2.75, 3.05) is 20.3 Å². The first-order valence-corrected chi connectivity index (χ1v) is 7.53. The third-order valence-corrected chi connectivity index (χ3v) is 3.91. The summed E-state index contributed by atoms with van der Waals surface area (Å²) in [6.07, 6.45) is 2.39. The first-order valence-electron chi connectivity index (χ1n) is 7.53. The predicted octanol–water partition coefficient (Wildman–Crippen LogP) is 2.55. The second-order valence-corrected chi connectivity index (χ2v) is 5.35. The van der Waals surface area contributed by atoms with Crippen molar-refractivity contribution in [3.05, 3.63) is 41.1 Å². The summed E-state index contributed by atoms with van der Waals surface area (Å²) in [7, 11) is 3.59. The van der Waals surface area contributed by atoms with Crippen molar-refractivity contribution in [2.45, 2.75) is 13.3 Å². The fourth-order valence-electron chi connectivity index (χ4n) is 2.54. The molecule has 0 saturated carbocycles. The van der Waals surface area contributed by atoms with Gasteiger partial charge in [-0.25, -0.2) is 0 Å². The van der Waals surface area contributed by atoms with Crippen LogP contribution in [-0.2, 0) is 16.6 Å².